The van der Waals surface area contributed by atoms with Crippen LogP contribution in [0.3, 0.4) is 0 Å². The lowest BCUT2D eigenvalue weighted by atomic mass is 9.99. The Kier molecular flexibility index (Phi) is 6.61. The molecule has 0 aliphatic heterocycles. The number of hydrogen-bond acceptors (Lipinski definition) is 3. The van der Waals surface area contributed by atoms with Gasteiger partial charge in [0.15, 0.2) is 0 Å². The maximum absolute atomic E-state index is 5.03. The molecule has 0 amide bonds. The van der Waals surface area contributed by atoms with E-state index in [1.165, 1.54) is 16.7 Å². The van der Waals surface area contributed by atoms with Crippen LogP contribution in [0.25, 0.3) is 6.08 Å². The third-order valence-electron chi connectivity index (χ3n) is 2.97. The largest absolute Gasteiger partial charge is 0.383 e. The summed E-state index contributed by atoms with van der Waals surface area (Å²) in [4.78, 5) is 4.18. The standard InChI is InChI=1S/C15H24N2O/c1-12(2)14(10-17-7-8-18-4)9-15-11-16-6-5-13(15)3/h5-6,9,11-12,17H,7-8,10H2,1-4H3/b14-9-. The Morgan fingerprint density at radius 2 is 2.28 bits per heavy atom. The lowest BCUT2D eigenvalue weighted by Gasteiger charge is -2.13. The summed E-state index contributed by atoms with van der Waals surface area (Å²) >= 11 is 0. The van der Waals surface area contributed by atoms with Crippen molar-refractivity contribution in [2.24, 2.45) is 5.92 Å². The molecule has 3 heteroatoms. The smallest absolute Gasteiger partial charge is 0.0587 e. The van der Waals surface area contributed by atoms with E-state index in [9.17, 15) is 0 Å². The molecule has 1 N–H and O–H groups in total. The highest BCUT2D eigenvalue weighted by molar-refractivity contribution is 5.56. The molecule has 0 radical (unpaired) electrons. The van der Waals surface area contributed by atoms with Crippen molar-refractivity contribution in [1.82, 2.24) is 10.3 Å². The fourth-order valence-electron chi connectivity index (χ4n) is 1.66. The predicted octanol–water partition coefficient (Wildman–Crippen LogP) is 2.67. The zero-order chi connectivity index (χ0) is 13.4. The van der Waals surface area contributed by atoms with Crippen molar-refractivity contribution in [2.75, 3.05) is 26.8 Å². The van der Waals surface area contributed by atoms with Gasteiger partial charge in [-0.2, -0.15) is 0 Å². The van der Waals surface area contributed by atoms with E-state index in [-0.39, 0.29) is 0 Å². The number of aryl methyl sites for hydroxylation is 1. The second kappa shape index (κ2) is 8.01. The molecule has 1 aromatic rings. The first kappa shape index (κ1) is 14.9. The van der Waals surface area contributed by atoms with Crippen molar-refractivity contribution >= 4 is 6.08 Å². The Morgan fingerprint density at radius 1 is 1.50 bits per heavy atom. The van der Waals surface area contributed by atoms with Crippen LogP contribution in [0.2, 0.25) is 0 Å². The summed E-state index contributed by atoms with van der Waals surface area (Å²) in [6.07, 6.45) is 6.00. The van der Waals surface area contributed by atoms with Crippen molar-refractivity contribution in [3.05, 3.63) is 35.2 Å². The van der Waals surface area contributed by atoms with E-state index in [0.717, 1.165) is 19.7 Å². The minimum Gasteiger partial charge on any atom is -0.383 e. The first-order valence-electron chi connectivity index (χ1n) is 6.46. The predicted molar refractivity (Wildman–Crippen MR) is 76.5 cm³/mol. The summed E-state index contributed by atoms with van der Waals surface area (Å²) in [7, 11) is 1.72. The molecular weight excluding hydrogens is 224 g/mol. The highest BCUT2D eigenvalue weighted by Crippen LogP contribution is 2.15. The van der Waals surface area contributed by atoms with Gasteiger partial charge in [0, 0.05) is 32.6 Å². The van der Waals surface area contributed by atoms with Crippen molar-refractivity contribution in [3.63, 3.8) is 0 Å². The molecule has 0 atom stereocenters. The third-order valence-corrected chi connectivity index (χ3v) is 2.97. The first-order chi connectivity index (χ1) is 8.65. The van der Waals surface area contributed by atoms with Crippen LogP contribution >= 0.6 is 0 Å². The molecule has 0 bridgehead atoms. The van der Waals surface area contributed by atoms with Crippen LogP contribution in [-0.4, -0.2) is 31.8 Å². The van der Waals surface area contributed by atoms with Crippen LogP contribution in [0.4, 0.5) is 0 Å². The van der Waals surface area contributed by atoms with Gasteiger partial charge in [-0.05, 0) is 30.0 Å². The molecule has 0 fully saturated rings. The van der Waals surface area contributed by atoms with Crippen molar-refractivity contribution < 1.29 is 4.74 Å². The first-order valence-corrected chi connectivity index (χ1v) is 6.46. The summed E-state index contributed by atoms with van der Waals surface area (Å²) in [6.45, 7) is 9.08. The van der Waals surface area contributed by atoms with E-state index in [2.05, 4.69) is 37.1 Å². The molecule has 3 nitrogen and oxygen atoms in total. The van der Waals surface area contributed by atoms with Gasteiger partial charge in [-0.1, -0.05) is 25.5 Å². The molecule has 0 saturated carbocycles. The summed E-state index contributed by atoms with van der Waals surface area (Å²) in [6, 6.07) is 2.04. The van der Waals surface area contributed by atoms with Crippen LogP contribution in [0.1, 0.15) is 25.0 Å². The Hall–Kier alpha value is -1.19. The molecule has 1 rings (SSSR count). The van der Waals surface area contributed by atoms with Gasteiger partial charge in [0.1, 0.15) is 0 Å². The Morgan fingerprint density at radius 3 is 2.89 bits per heavy atom. The number of rotatable bonds is 7. The summed E-state index contributed by atoms with van der Waals surface area (Å²) in [5, 5.41) is 3.39. The maximum Gasteiger partial charge on any atom is 0.0587 e. The summed E-state index contributed by atoms with van der Waals surface area (Å²) in [5.41, 5.74) is 3.86. The van der Waals surface area contributed by atoms with Gasteiger partial charge < -0.3 is 10.1 Å². The van der Waals surface area contributed by atoms with E-state index in [1.807, 2.05) is 18.5 Å². The molecule has 1 heterocycles. The maximum atomic E-state index is 5.03. The van der Waals surface area contributed by atoms with E-state index in [0.29, 0.717) is 5.92 Å². The molecule has 0 saturated heterocycles. The minimum absolute atomic E-state index is 0.527. The van der Waals surface area contributed by atoms with Crippen molar-refractivity contribution in [1.29, 1.82) is 0 Å². The minimum atomic E-state index is 0.527. The fraction of sp³-hybridized carbons (Fsp3) is 0.533. The lowest BCUT2D eigenvalue weighted by Crippen LogP contribution is -2.23. The summed E-state index contributed by atoms with van der Waals surface area (Å²) < 4.78 is 5.03. The molecule has 0 aromatic carbocycles. The molecule has 0 aliphatic rings. The van der Waals surface area contributed by atoms with E-state index in [4.69, 9.17) is 4.74 Å². The van der Waals surface area contributed by atoms with Gasteiger partial charge in [0.2, 0.25) is 0 Å². The molecule has 100 valence electrons. The summed E-state index contributed by atoms with van der Waals surface area (Å²) in [5.74, 6) is 0.527. The monoisotopic (exact) mass is 248 g/mol. The average Bonchev–Trinajstić information content (AvgIpc) is 2.35. The number of aromatic nitrogens is 1. The van der Waals surface area contributed by atoms with Crippen LogP contribution in [0, 0.1) is 12.8 Å². The quantitative estimate of drug-likeness (QED) is 0.753. The zero-order valence-electron chi connectivity index (χ0n) is 11.9. The molecule has 18 heavy (non-hydrogen) atoms. The van der Waals surface area contributed by atoms with Crippen LogP contribution in [-0.2, 0) is 4.74 Å². The molecule has 0 unspecified atom stereocenters. The second-order valence-corrected chi connectivity index (χ2v) is 4.78. The average molecular weight is 248 g/mol. The molecule has 1 aromatic heterocycles. The molecule has 0 aliphatic carbocycles. The fourth-order valence-corrected chi connectivity index (χ4v) is 1.66. The Bertz CT molecular complexity index is 386. The van der Waals surface area contributed by atoms with Gasteiger partial charge in [0.05, 0.1) is 6.61 Å². The number of nitrogens with zero attached hydrogens (tertiary/aromatic N) is 1. The molecule has 0 spiro atoms. The Labute approximate surface area is 110 Å². The van der Waals surface area contributed by atoms with Crippen molar-refractivity contribution in [2.45, 2.75) is 20.8 Å². The number of pyridine rings is 1. The van der Waals surface area contributed by atoms with Crippen LogP contribution < -0.4 is 5.32 Å². The van der Waals surface area contributed by atoms with Crippen LogP contribution in [0.5, 0.6) is 0 Å². The van der Waals surface area contributed by atoms with Crippen LogP contribution in [0.15, 0.2) is 24.0 Å². The second-order valence-electron chi connectivity index (χ2n) is 4.78. The number of ether oxygens (including phenoxy) is 1. The van der Waals surface area contributed by atoms with Crippen molar-refractivity contribution in [3.8, 4) is 0 Å². The van der Waals surface area contributed by atoms with E-state index < -0.39 is 0 Å². The van der Waals surface area contributed by atoms with Gasteiger partial charge in [-0.25, -0.2) is 0 Å². The third kappa shape index (κ3) is 4.98. The highest BCUT2D eigenvalue weighted by Gasteiger charge is 2.04. The normalized spacial score (nSPS) is 12.2. The number of methoxy groups -OCH3 is 1. The van der Waals surface area contributed by atoms with E-state index >= 15 is 0 Å². The topological polar surface area (TPSA) is 34.1 Å². The zero-order valence-corrected chi connectivity index (χ0v) is 11.9. The highest BCUT2D eigenvalue weighted by atomic mass is 16.5. The lowest BCUT2D eigenvalue weighted by molar-refractivity contribution is 0.200. The molecular formula is C15H24N2O. The Balaban J connectivity index is 2.69. The van der Waals surface area contributed by atoms with Gasteiger partial charge >= 0.3 is 0 Å². The SMILES string of the molecule is COCCNC/C(=C/c1cnccc1C)C(C)C. The van der Waals surface area contributed by atoms with E-state index in [1.54, 1.807) is 7.11 Å². The number of nitrogens with one attached hydrogen (secondary N) is 1. The van der Waals surface area contributed by atoms with Gasteiger partial charge in [-0.3, -0.25) is 4.98 Å². The van der Waals surface area contributed by atoms with Gasteiger partial charge in [-0.15, -0.1) is 0 Å². The number of hydrogen-bond donors (Lipinski definition) is 1. The van der Waals surface area contributed by atoms with Gasteiger partial charge in [0.25, 0.3) is 0 Å².